The van der Waals surface area contributed by atoms with Crippen molar-refractivity contribution in [2.24, 2.45) is 0 Å². The number of para-hydroxylation sites is 2. The van der Waals surface area contributed by atoms with Crippen LogP contribution in [0.1, 0.15) is 0 Å². The predicted octanol–water partition coefficient (Wildman–Crippen LogP) is 2.29. The molecule has 0 saturated heterocycles. The summed E-state index contributed by atoms with van der Waals surface area (Å²) in [6, 6.07) is 19.8. The second-order valence-corrected chi connectivity index (χ2v) is 8.49. The Hall–Kier alpha value is -1.10. The normalized spacial score (nSPS) is 11.3. The largest absolute Gasteiger partial charge is 0.341 e. The first-order valence-corrected chi connectivity index (χ1v) is 9.63. The smallest absolute Gasteiger partial charge is 0.274 e. The number of anilines is 2. The van der Waals surface area contributed by atoms with Crippen molar-refractivity contribution in [3.63, 3.8) is 0 Å². The number of hydrogen-bond acceptors (Lipinski definition) is 1. The van der Waals surface area contributed by atoms with Crippen LogP contribution in [-0.2, 0) is 10.9 Å². The molecule has 20 heavy (non-hydrogen) atoms. The van der Waals surface area contributed by atoms with E-state index in [0.29, 0.717) is 12.3 Å². The maximum Gasteiger partial charge on any atom is 0.274 e. The van der Waals surface area contributed by atoms with E-state index in [1.807, 2.05) is 60.7 Å². The lowest BCUT2D eigenvalue weighted by atomic mass is 10.2. The van der Waals surface area contributed by atoms with Crippen molar-refractivity contribution in [3.8, 4) is 0 Å². The third-order valence-electron chi connectivity index (χ3n) is 2.75. The lowest BCUT2D eigenvalue weighted by Crippen LogP contribution is -2.20. The van der Waals surface area contributed by atoms with Crippen LogP contribution in [0.4, 0.5) is 11.4 Å². The summed E-state index contributed by atoms with van der Waals surface area (Å²) in [4.78, 5) is 29.3. The van der Waals surface area contributed by atoms with Gasteiger partial charge in [-0.1, -0.05) is 36.4 Å². The van der Waals surface area contributed by atoms with Gasteiger partial charge in [-0.3, -0.25) is 0 Å². The molecule has 0 aliphatic rings. The Morgan fingerprint density at radius 3 is 1.65 bits per heavy atom. The Morgan fingerprint density at radius 2 is 1.25 bits per heavy atom. The molecule has 4 nitrogen and oxygen atoms in total. The van der Waals surface area contributed by atoms with Crippen LogP contribution in [0.25, 0.3) is 0 Å². The van der Waals surface area contributed by atoms with E-state index in [1.165, 1.54) is 0 Å². The standard InChI is InChI=1S/C14H18NO3PS/c16-19(17,18)20-12-11-15(13-7-3-1-4-8-13)14-9-5-2-6-10-14/h1-10,16-18,20H,11-12H2. The van der Waals surface area contributed by atoms with E-state index in [1.54, 1.807) is 0 Å². The molecular formula is C14H18NO3PS. The first-order chi connectivity index (χ1) is 9.56. The van der Waals surface area contributed by atoms with E-state index in [4.69, 9.17) is 14.7 Å². The molecule has 108 valence electrons. The Labute approximate surface area is 122 Å². The van der Waals surface area contributed by atoms with Gasteiger partial charge in [0.05, 0.1) is 0 Å². The first kappa shape index (κ1) is 15.3. The van der Waals surface area contributed by atoms with Crippen LogP contribution in [-0.4, -0.2) is 27.0 Å². The van der Waals surface area contributed by atoms with Crippen LogP contribution in [0.5, 0.6) is 0 Å². The predicted molar refractivity (Wildman–Crippen MR) is 87.1 cm³/mol. The monoisotopic (exact) mass is 311 g/mol. The van der Waals surface area contributed by atoms with Gasteiger partial charge in [-0.15, -0.1) is 10.9 Å². The molecule has 0 unspecified atom stereocenters. The zero-order valence-electron chi connectivity index (χ0n) is 10.9. The van der Waals surface area contributed by atoms with Gasteiger partial charge in [-0.25, -0.2) is 0 Å². The van der Waals surface area contributed by atoms with Crippen molar-refractivity contribution in [2.45, 2.75) is 0 Å². The van der Waals surface area contributed by atoms with Crippen LogP contribution in [0.2, 0.25) is 0 Å². The van der Waals surface area contributed by atoms with E-state index in [0.717, 1.165) is 11.4 Å². The number of hydrogen-bond donors (Lipinski definition) is 4. The zero-order chi connectivity index (χ0) is 14.4. The molecule has 0 bridgehead atoms. The molecule has 0 aliphatic heterocycles. The van der Waals surface area contributed by atoms with Gasteiger partial charge in [-0.2, -0.15) is 0 Å². The van der Waals surface area contributed by atoms with Crippen LogP contribution >= 0.6 is 6.72 Å². The Balaban J connectivity index is 2.22. The second kappa shape index (κ2) is 7.07. The molecule has 6 heteroatoms. The van der Waals surface area contributed by atoms with Gasteiger partial charge < -0.3 is 19.6 Å². The number of rotatable bonds is 5. The molecule has 0 spiro atoms. The van der Waals surface area contributed by atoms with Crippen LogP contribution in [0, 0.1) is 0 Å². The van der Waals surface area contributed by atoms with Crippen LogP contribution < -0.4 is 4.90 Å². The highest BCUT2D eigenvalue weighted by atomic mass is 32.5. The molecule has 0 radical (unpaired) electrons. The molecule has 3 N–H and O–H groups in total. The van der Waals surface area contributed by atoms with E-state index in [9.17, 15) is 0 Å². The quantitative estimate of drug-likeness (QED) is 0.505. The number of nitrogens with zero attached hydrogens (tertiary/aromatic N) is 1. The average Bonchev–Trinajstić information content (AvgIpc) is 2.44. The fourth-order valence-electron chi connectivity index (χ4n) is 1.90. The van der Waals surface area contributed by atoms with Gasteiger partial charge in [-0.05, 0) is 24.3 Å². The Bertz CT molecular complexity index is 538. The summed E-state index contributed by atoms with van der Waals surface area (Å²) in [5, 5.41) is 0. The average molecular weight is 311 g/mol. The summed E-state index contributed by atoms with van der Waals surface area (Å²) in [7, 11) is 0.274. The van der Waals surface area contributed by atoms with Crippen molar-refractivity contribution in [1.82, 2.24) is 0 Å². The molecule has 2 aromatic rings. The third-order valence-corrected chi connectivity index (χ3v) is 5.27. The zero-order valence-corrected chi connectivity index (χ0v) is 12.7. The number of thiol groups is 1. The fourth-order valence-corrected chi connectivity index (χ4v) is 3.53. The highest BCUT2D eigenvalue weighted by molar-refractivity contribution is 8.16. The van der Waals surface area contributed by atoms with Gasteiger partial charge in [0, 0.05) is 23.7 Å². The van der Waals surface area contributed by atoms with E-state index in [2.05, 4.69) is 4.90 Å². The highest BCUT2D eigenvalue weighted by Gasteiger charge is 2.08. The summed E-state index contributed by atoms with van der Waals surface area (Å²) in [5.74, 6) is 0.473. The second-order valence-electron chi connectivity index (χ2n) is 4.22. The van der Waals surface area contributed by atoms with Crippen molar-refractivity contribution in [2.75, 3.05) is 17.2 Å². The van der Waals surface area contributed by atoms with Gasteiger partial charge in [0.2, 0.25) is 0 Å². The van der Waals surface area contributed by atoms with Crippen molar-refractivity contribution in [3.05, 3.63) is 60.7 Å². The molecule has 2 rings (SSSR count). The van der Waals surface area contributed by atoms with Gasteiger partial charge in [0.1, 0.15) is 0 Å². The summed E-state index contributed by atoms with van der Waals surface area (Å²) in [5.41, 5.74) is 2.07. The molecule has 0 atom stereocenters. The van der Waals surface area contributed by atoms with Crippen LogP contribution in [0.15, 0.2) is 60.7 Å². The molecule has 2 aromatic carbocycles. The molecule has 0 amide bonds. The van der Waals surface area contributed by atoms with Crippen molar-refractivity contribution in [1.29, 1.82) is 0 Å². The topological polar surface area (TPSA) is 63.9 Å². The summed E-state index contributed by atoms with van der Waals surface area (Å²) >= 11 is 0. The van der Waals surface area contributed by atoms with Crippen molar-refractivity contribution < 1.29 is 14.7 Å². The summed E-state index contributed by atoms with van der Waals surface area (Å²) in [6.07, 6.45) is 0. The minimum absolute atomic E-state index is 0.274. The molecular weight excluding hydrogens is 293 g/mol. The highest BCUT2D eigenvalue weighted by Crippen LogP contribution is 2.31. The minimum atomic E-state index is -3.71. The minimum Gasteiger partial charge on any atom is -0.341 e. The Morgan fingerprint density at radius 1 is 0.800 bits per heavy atom. The van der Waals surface area contributed by atoms with E-state index < -0.39 is 6.72 Å². The molecule has 0 heterocycles. The maximum absolute atomic E-state index is 9.06. The number of benzene rings is 2. The maximum atomic E-state index is 9.06. The molecule has 0 fully saturated rings. The third kappa shape index (κ3) is 4.78. The van der Waals surface area contributed by atoms with Gasteiger partial charge in [0.15, 0.2) is 0 Å². The first-order valence-electron chi connectivity index (χ1n) is 6.20. The van der Waals surface area contributed by atoms with E-state index in [-0.39, 0.29) is 10.9 Å². The molecule has 0 aromatic heterocycles. The van der Waals surface area contributed by atoms with Crippen LogP contribution in [0.3, 0.4) is 0 Å². The van der Waals surface area contributed by atoms with Gasteiger partial charge >= 0.3 is 0 Å². The summed E-state index contributed by atoms with van der Waals surface area (Å²) in [6.45, 7) is -3.11. The molecule has 0 saturated carbocycles. The fraction of sp³-hybridized carbons (Fsp3) is 0.143. The molecule has 0 aliphatic carbocycles. The van der Waals surface area contributed by atoms with Gasteiger partial charge in [0.25, 0.3) is 6.72 Å². The SMILES string of the molecule is OP(O)(O)=[SH]CCN(c1ccccc1)c1ccccc1. The lowest BCUT2D eigenvalue weighted by Gasteiger charge is -2.24. The Kier molecular flexibility index (Phi) is 5.40. The summed E-state index contributed by atoms with van der Waals surface area (Å²) < 4.78 is 0. The van der Waals surface area contributed by atoms with E-state index >= 15 is 0 Å². The lowest BCUT2D eigenvalue weighted by molar-refractivity contribution is 0.363. The van der Waals surface area contributed by atoms with Crippen molar-refractivity contribution >= 4 is 29.0 Å².